The van der Waals surface area contributed by atoms with Gasteiger partial charge in [0.05, 0.1) is 12.3 Å². The summed E-state index contributed by atoms with van der Waals surface area (Å²) in [7, 11) is 0. The lowest BCUT2D eigenvalue weighted by Crippen LogP contribution is -2.55. The summed E-state index contributed by atoms with van der Waals surface area (Å²) < 4.78 is 13.2. The largest absolute Gasteiger partial charge is 0.389 e. The topological polar surface area (TPSA) is 23.5 Å². The minimum absolute atomic E-state index is 0.187. The molecule has 0 amide bonds. The third-order valence-electron chi connectivity index (χ3n) is 6.44. The molecule has 4 atom stereocenters. The number of hydrogen-bond acceptors (Lipinski definition) is 2. The van der Waals surface area contributed by atoms with Crippen molar-refractivity contribution in [3.63, 3.8) is 0 Å². The van der Waals surface area contributed by atoms with Crippen molar-refractivity contribution in [3.8, 4) is 0 Å². The van der Waals surface area contributed by atoms with Crippen molar-refractivity contribution in [2.45, 2.75) is 64.5 Å². The Morgan fingerprint density at radius 1 is 1.42 bits per heavy atom. The lowest BCUT2D eigenvalue weighted by Gasteiger charge is -2.52. The van der Waals surface area contributed by atoms with Crippen molar-refractivity contribution in [2.75, 3.05) is 19.8 Å². The molecule has 1 aromatic carbocycles. The van der Waals surface area contributed by atoms with Crippen molar-refractivity contribution in [3.05, 3.63) is 34.9 Å². The highest BCUT2D eigenvalue weighted by atomic mass is 19.1. The Balaban J connectivity index is 1.87. The second-order valence-corrected chi connectivity index (χ2v) is 8.16. The normalized spacial score (nSPS) is 31.4. The number of nitrogens with zero attached hydrogens (tertiary/aromatic N) is 1. The molecule has 134 valence electrons. The smallest absolute Gasteiger partial charge is 0.0922 e. The number of aliphatic hydroxyl groups is 1. The fourth-order valence-corrected chi connectivity index (χ4v) is 4.72. The van der Waals surface area contributed by atoms with Crippen molar-refractivity contribution < 1.29 is 9.50 Å². The van der Waals surface area contributed by atoms with Crippen LogP contribution in [0.4, 0.5) is 4.39 Å². The van der Waals surface area contributed by atoms with E-state index < -0.39 is 12.3 Å². The van der Waals surface area contributed by atoms with Crippen LogP contribution in [0.25, 0.3) is 0 Å². The third kappa shape index (κ3) is 3.39. The average Bonchev–Trinajstić information content (AvgIpc) is 2.55. The van der Waals surface area contributed by atoms with E-state index in [-0.39, 0.29) is 18.4 Å². The molecule has 1 saturated heterocycles. The lowest BCUT2D eigenvalue weighted by molar-refractivity contribution is -0.111. The zero-order valence-electron chi connectivity index (χ0n) is 15.4. The summed E-state index contributed by atoms with van der Waals surface area (Å²) in [5.41, 5.74) is 3.20. The zero-order valence-corrected chi connectivity index (χ0v) is 15.4. The molecule has 1 N–H and O–H groups in total. The molecule has 24 heavy (non-hydrogen) atoms. The molecule has 1 unspecified atom stereocenters. The lowest BCUT2D eigenvalue weighted by atomic mass is 9.69. The first kappa shape index (κ1) is 17.9. The highest BCUT2D eigenvalue weighted by molar-refractivity contribution is 5.36. The van der Waals surface area contributed by atoms with Crippen LogP contribution in [0, 0.1) is 18.8 Å². The Hall–Kier alpha value is -0.930. The van der Waals surface area contributed by atoms with Gasteiger partial charge >= 0.3 is 0 Å². The van der Waals surface area contributed by atoms with E-state index in [4.69, 9.17) is 0 Å². The third-order valence-corrected chi connectivity index (χ3v) is 6.44. The number of benzene rings is 1. The molecule has 0 spiro atoms. The van der Waals surface area contributed by atoms with Crippen LogP contribution in [-0.4, -0.2) is 35.4 Å². The van der Waals surface area contributed by atoms with Gasteiger partial charge in [-0.25, -0.2) is 0 Å². The van der Waals surface area contributed by atoms with Gasteiger partial charge in [-0.1, -0.05) is 44.0 Å². The number of piperidine rings is 1. The minimum Gasteiger partial charge on any atom is -0.389 e. The Kier molecular flexibility index (Phi) is 5.31. The van der Waals surface area contributed by atoms with E-state index in [0.29, 0.717) is 12.3 Å². The maximum absolute atomic E-state index is 13.2. The number of fused-ring (bicyclic) bond motifs is 3. The second-order valence-electron chi connectivity index (χ2n) is 8.16. The molecule has 2 aliphatic rings. The van der Waals surface area contributed by atoms with Gasteiger partial charge < -0.3 is 5.11 Å². The van der Waals surface area contributed by atoms with Gasteiger partial charge in [0.25, 0.3) is 0 Å². The fourth-order valence-electron chi connectivity index (χ4n) is 4.72. The summed E-state index contributed by atoms with van der Waals surface area (Å²) in [6.07, 6.45) is 4.16. The average molecular weight is 333 g/mol. The Morgan fingerprint density at radius 3 is 2.92 bits per heavy atom. The van der Waals surface area contributed by atoms with E-state index in [9.17, 15) is 9.50 Å². The molecule has 2 aliphatic heterocycles. The minimum atomic E-state index is -0.862. The summed E-state index contributed by atoms with van der Waals surface area (Å²) in [6, 6.07) is 6.93. The molecule has 1 aromatic rings. The Morgan fingerprint density at radius 2 is 2.21 bits per heavy atom. The Bertz CT molecular complexity index is 575. The van der Waals surface area contributed by atoms with Crippen LogP contribution < -0.4 is 0 Å². The monoisotopic (exact) mass is 333 g/mol. The van der Waals surface area contributed by atoms with Crippen molar-refractivity contribution in [1.29, 1.82) is 0 Å². The SMILES string of the molecule is CCC(C)C[C@H]1CN2CCc3cc(C)ccc3[C@@H]2C[C@@]1(O)CCF. The molecule has 1 fully saturated rings. The molecular weight excluding hydrogens is 301 g/mol. The van der Waals surface area contributed by atoms with Gasteiger partial charge in [-0.05, 0) is 43.2 Å². The molecule has 0 radical (unpaired) electrons. The van der Waals surface area contributed by atoms with Crippen molar-refractivity contribution in [2.24, 2.45) is 11.8 Å². The van der Waals surface area contributed by atoms with Crippen LogP contribution >= 0.6 is 0 Å². The van der Waals surface area contributed by atoms with Gasteiger partial charge in [0.1, 0.15) is 0 Å². The van der Waals surface area contributed by atoms with Crippen LogP contribution in [0.1, 0.15) is 62.3 Å². The van der Waals surface area contributed by atoms with Crippen LogP contribution in [0.15, 0.2) is 18.2 Å². The molecular formula is C21H32FNO. The Labute approximate surface area is 146 Å². The number of aryl methyl sites for hydroxylation is 1. The molecule has 3 rings (SSSR count). The molecule has 2 nitrogen and oxygen atoms in total. The van der Waals surface area contributed by atoms with E-state index in [0.717, 1.165) is 32.4 Å². The summed E-state index contributed by atoms with van der Waals surface area (Å²) in [4.78, 5) is 2.54. The molecule has 2 heterocycles. The van der Waals surface area contributed by atoms with Crippen molar-refractivity contribution >= 4 is 0 Å². The molecule has 0 saturated carbocycles. The van der Waals surface area contributed by atoms with Crippen LogP contribution in [-0.2, 0) is 6.42 Å². The van der Waals surface area contributed by atoms with E-state index in [2.05, 4.69) is 43.9 Å². The molecule has 0 aromatic heterocycles. The standard InChI is InChI=1S/C21H32FNO/c1-4-15(2)12-18-14-23-10-7-17-11-16(3)5-6-19(17)20(23)13-21(18,24)8-9-22/h5-6,11,15,18,20,24H,4,7-10,12-14H2,1-3H3/t15?,18-,20-,21-/m0/s1. The summed E-state index contributed by atoms with van der Waals surface area (Å²) >= 11 is 0. The van der Waals surface area contributed by atoms with Gasteiger partial charge in [-0.15, -0.1) is 0 Å². The maximum atomic E-state index is 13.2. The zero-order chi connectivity index (χ0) is 17.3. The van der Waals surface area contributed by atoms with Gasteiger partial charge in [0.2, 0.25) is 0 Å². The summed E-state index contributed by atoms with van der Waals surface area (Å²) in [6.45, 7) is 8.11. The van der Waals surface area contributed by atoms with Crippen LogP contribution in [0.2, 0.25) is 0 Å². The van der Waals surface area contributed by atoms with Crippen LogP contribution in [0.5, 0.6) is 0 Å². The highest BCUT2D eigenvalue weighted by Gasteiger charge is 2.47. The van der Waals surface area contributed by atoms with Gasteiger partial charge in [-0.2, -0.15) is 0 Å². The second kappa shape index (κ2) is 7.13. The van der Waals surface area contributed by atoms with E-state index in [1.807, 2.05) is 0 Å². The van der Waals surface area contributed by atoms with Gasteiger partial charge in [0, 0.05) is 31.5 Å². The first-order valence-electron chi connectivity index (χ1n) is 9.58. The molecule has 0 aliphatic carbocycles. The number of hydrogen-bond donors (Lipinski definition) is 1. The first-order valence-corrected chi connectivity index (χ1v) is 9.58. The predicted molar refractivity (Wildman–Crippen MR) is 96.9 cm³/mol. The number of halogens is 1. The van der Waals surface area contributed by atoms with E-state index >= 15 is 0 Å². The van der Waals surface area contributed by atoms with E-state index in [1.54, 1.807) is 0 Å². The van der Waals surface area contributed by atoms with Crippen LogP contribution in [0.3, 0.4) is 0 Å². The van der Waals surface area contributed by atoms with Gasteiger partial charge in [-0.3, -0.25) is 9.29 Å². The summed E-state index contributed by atoms with van der Waals surface area (Å²) in [5.74, 6) is 0.767. The number of rotatable bonds is 5. The quantitative estimate of drug-likeness (QED) is 0.861. The van der Waals surface area contributed by atoms with Crippen molar-refractivity contribution in [1.82, 2.24) is 4.90 Å². The van der Waals surface area contributed by atoms with E-state index in [1.165, 1.54) is 16.7 Å². The summed E-state index contributed by atoms with van der Waals surface area (Å²) in [5, 5.41) is 11.3. The number of alkyl halides is 1. The predicted octanol–water partition coefficient (Wildman–Crippen LogP) is 4.44. The highest BCUT2D eigenvalue weighted by Crippen LogP contribution is 2.46. The maximum Gasteiger partial charge on any atom is 0.0922 e. The van der Waals surface area contributed by atoms with Gasteiger partial charge in [0.15, 0.2) is 0 Å². The molecule has 0 bridgehead atoms. The first-order chi connectivity index (χ1) is 11.5. The molecule has 3 heteroatoms. The fraction of sp³-hybridized carbons (Fsp3) is 0.714.